The van der Waals surface area contributed by atoms with E-state index in [4.69, 9.17) is 0 Å². The average Bonchev–Trinajstić information content (AvgIpc) is 3.31. The van der Waals surface area contributed by atoms with Gasteiger partial charge in [-0.1, -0.05) is 48.0 Å². The molecular formula is C24H21N7O. The number of carbonyl (C=O) groups is 1. The van der Waals surface area contributed by atoms with Crippen molar-refractivity contribution in [3.8, 4) is 0 Å². The third-order valence-electron chi connectivity index (χ3n) is 5.23. The van der Waals surface area contributed by atoms with Crippen LogP contribution in [0, 0.1) is 6.92 Å². The monoisotopic (exact) mass is 423 g/mol. The number of benzene rings is 3. The van der Waals surface area contributed by atoms with Crippen molar-refractivity contribution in [3.63, 3.8) is 0 Å². The molecule has 2 N–H and O–H groups in total. The molecule has 0 atom stereocenters. The summed E-state index contributed by atoms with van der Waals surface area (Å²) in [6, 6.07) is 23.3. The van der Waals surface area contributed by atoms with Crippen molar-refractivity contribution in [2.45, 2.75) is 13.3 Å². The van der Waals surface area contributed by atoms with E-state index in [1.54, 1.807) is 16.6 Å². The van der Waals surface area contributed by atoms with E-state index >= 15 is 0 Å². The number of anilines is 2. The molecule has 0 saturated carbocycles. The summed E-state index contributed by atoms with van der Waals surface area (Å²) in [6.07, 6.45) is 0.781. The Morgan fingerprint density at radius 2 is 1.84 bits per heavy atom. The highest BCUT2D eigenvalue weighted by Crippen LogP contribution is 2.23. The van der Waals surface area contributed by atoms with Crippen LogP contribution in [0.5, 0.6) is 0 Å². The molecule has 1 amide bonds. The van der Waals surface area contributed by atoms with Crippen LogP contribution in [0.15, 0.2) is 72.8 Å². The van der Waals surface area contributed by atoms with Crippen LogP contribution in [0.3, 0.4) is 0 Å². The van der Waals surface area contributed by atoms with Crippen LogP contribution in [-0.4, -0.2) is 37.5 Å². The first-order chi connectivity index (χ1) is 15.7. The number of hydrogen-bond acceptors (Lipinski definition) is 6. The highest BCUT2D eigenvalue weighted by Gasteiger charge is 2.12. The second kappa shape index (κ2) is 8.43. The molecule has 0 saturated heterocycles. The number of aromatic nitrogens is 5. The van der Waals surface area contributed by atoms with Gasteiger partial charge in [0.1, 0.15) is 0 Å². The molecule has 0 aliphatic carbocycles. The Kier molecular flexibility index (Phi) is 5.17. The van der Waals surface area contributed by atoms with E-state index in [1.165, 1.54) is 11.1 Å². The smallest absolute Gasteiger partial charge is 0.251 e. The van der Waals surface area contributed by atoms with Crippen molar-refractivity contribution < 1.29 is 4.79 Å². The molecule has 0 fully saturated rings. The highest BCUT2D eigenvalue weighted by atomic mass is 16.1. The normalized spacial score (nSPS) is 11.0. The molecule has 8 heteroatoms. The summed E-state index contributed by atoms with van der Waals surface area (Å²) >= 11 is 0. The van der Waals surface area contributed by atoms with Crippen molar-refractivity contribution in [3.05, 3.63) is 89.5 Å². The molecule has 32 heavy (non-hydrogen) atoms. The highest BCUT2D eigenvalue weighted by molar-refractivity contribution is 5.95. The van der Waals surface area contributed by atoms with E-state index in [2.05, 4.69) is 62.3 Å². The fourth-order valence-corrected chi connectivity index (χ4v) is 3.54. The molecule has 0 aliphatic rings. The number of rotatable bonds is 6. The van der Waals surface area contributed by atoms with E-state index in [1.807, 2.05) is 36.4 Å². The molecule has 0 spiro atoms. The standard InChI is InChI=1S/C24H21N7O/c1-16-9-11-17(12-10-16)13-14-25-24(32)18-5-4-6-19(15-18)26-22-23-28-29-30-31(23)21-8-3-2-7-20(21)27-22/h2-12,15H,13-14H2,1H3,(H,25,32)(H,26,27). The van der Waals surface area contributed by atoms with Crippen molar-refractivity contribution in [1.29, 1.82) is 0 Å². The van der Waals surface area contributed by atoms with Gasteiger partial charge < -0.3 is 10.6 Å². The lowest BCUT2D eigenvalue weighted by Gasteiger charge is -2.10. The largest absolute Gasteiger partial charge is 0.352 e. The maximum Gasteiger partial charge on any atom is 0.251 e. The molecule has 8 nitrogen and oxygen atoms in total. The van der Waals surface area contributed by atoms with Crippen molar-refractivity contribution in [2.24, 2.45) is 0 Å². The number of para-hydroxylation sites is 2. The molecule has 0 bridgehead atoms. The van der Waals surface area contributed by atoms with Gasteiger partial charge in [0.2, 0.25) is 5.65 Å². The first kappa shape index (κ1) is 19.6. The summed E-state index contributed by atoms with van der Waals surface area (Å²) in [5.41, 5.74) is 5.80. The number of tetrazole rings is 1. The quantitative estimate of drug-likeness (QED) is 0.432. The second-order valence-corrected chi connectivity index (χ2v) is 7.56. The van der Waals surface area contributed by atoms with Gasteiger partial charge in [-0.2, -0.15) is 4.52 Å². The predicted octanol–water partition coefficient (Wildman–Crippen LogP) is 3.70. The van der Waals surface area contributed by atoms with Gasteiger partial charge in [0.05, 0.1) is 11.0 Å². The zero-order chi connectivity index (χ0) is 21.9. The first-order valence-corrected chi connectivity index (χ1v) is 10.3. The minimum absolute atomic E-state index is 0.124. The number of nitrogens with zero attached hydrogens (tertiary/aromatic N) is 5. The lowest BCUT2D eigenvalue weighted by atomic mass is 10.1. The summed E-state index contributed by atoms with van der Waals surface area (Å²) < 4.78 is 1.65. The van der Waals surface area contributed by atoms with E-state index < -0.39 is 0 Å². The summed E-state index contributed by atoms with van der Waals surface area (Å²) in [5.74, 6) is 0.396. The maximum atomic E-state index is 12.6. The van der Waals surface area contributed by atoms with Crippen molar-refractivity contribution in [1.82, 2.24) is 30.3 Å². The van der Waals surface area contributed by atoms with Crippen LogP contribution in [0.1, 0.15) is 21.5 Å². The molecule has 2 aromatic heterocycles. The Labute approximate surface area is 184 Å². The summed E-state index contributed by atoms with van der Waals surface area (Å²) in [7, 11) is 0. The molecule has 5 aromatic rings. The minimum Gasteiger partial charge on any atom is -0.352 e. The number of hydrogen-bond donors (Lipinski definition) is 2. The van der Waals surface area contributed by atoms with Crippen LogP contribution in [0.25, 0.3) is 16.7 Å². The van der Waals surface area contributed by atoms with Gasteiger partial charge in [-0.15, -0.1) is 5.10 Å². The molecule has 2 heterocycles. The fourth-order valence-electron chi connectivity index (χ4n) is 3.54. The molecule has 0 radical (unpaired) electrons. The second-order valence-electron chi connectivity index (χ2n) is 7.56. The Bertz CT molecular complexity index is 1410. The molecule has 0 aliphatic heterocycles. The number of amides is 1. The van der Waals surface area contributed by atoms with E-state index in [0.29, 0.717) is 23.6 Å². The third kappa shape index (κ3) is 3.98. The van der Waals surface area contributed by atoms with Gasteiger partial charge in [0.15, 0.2) is 5.82 Å². The van der Waals surface area contributed by atoms with Gasteiger partial charge in [0.25, 0.3) is 5.91 Å². The van der Waals surface area contributed by atoms with Crippen molar-refractivity contribution in [2.75, 3.05) is 11.9 Å². The van der Waals surface area contributed by atoms with E-state index in [-0.39, 0.29) is 5.91 Å². The Hall–Kier alpha value is -4.33. The molecule has 5 rings (SSSR count). The fraction of sp³-hybridized carbons (Fsp3) is 0.125. The zero-order valence-electron chi connectivity index (χ0n) is 17.5. The van der Waals surface area contributed by atoms with Crippen LogP contribution in [-0.2, 0) is 6.42 Å². The number of aryl methyl sites for hydroxylation is 1. The first-order valence-electron chi connectivity index (χ1n) is 10.3. The van der Waals surface area contributed by atoms with Crippen LogP contribution < -0.4 is 10.6 Å². The SMILES string of the molecule is Cc1ccc(CCNC(=O)c2cccc(Nc3nc4ccccc4n4nnnc34)c2)cc1. The Morgan fingerprint density at radius 3 is 2.72 bits per heavy atom. The van der Waals surface area contributed by atoms with Gasteiger partial charge >= 0.3 is 0 Å². The lowest BCUT2D eigenvalue weighted by molar-refractivity contribution is 0.0954. The van der Waals surface area contributed by atoms with Gasteiger partial charge in [0, 0.05) is 17.8 Å². The molecule has 158 valence electrons. The van der Waals surface area contributed by atoms with Crippen LogP contribution in [0.2, 0.25) is 0 Å². The third-order valence-corrected chi connectivity index (χ3v) is 5.23. The zero-order valence-corrected chi connectivity index (χ0v) is 17.5. The van der Waals surface area contributed by atoms with Gasteiger partial charge in [-0.05, 0) is 59.7 Å². The summed E-state index contributed by atoms with van der Waals surface area (Å²) in [4.78, 5) is 17.3. The average molecular weight is 423 g/mol. The Balaban J connectivity index is 1.32. The number of carbonyl (C=O) groups excluding carboxylic acids is 1. The maximum absolute atomic E-state index is 12.6. The summed E-state index contributed by atoms with van der Waals surface area (Å²) in [5, 5.41) is 18.2. The molecule has 0 unspecified atom stereocenters. The van der Waals surface area contributed by atoms with Crippen LogP contribution >= 0.6 is 0 Å². The van der Waals surface area contributed by atoms with Crippen LogP contribution in [0.4, 0.5) is 11.5 Å². The minimum atomic E-state index is -0.124. The van der Waals surface area contributed by atoms with Gasteiger partial charge in [-0.3, -0.25) is 4.79 Å². The Morgan fingerprint density at radius 1 is 1.00 bits per heavy atom. The van der Waals surface area contributed by atoms with Gasteiger partial charge in [-0.25, -0.2) is 4.98 Å². The molecular weight excluding hydrogens is 402 g/mol. The van der Waals surface area contributed by atoms with Crippen molar-refractivity contribution >= 4 is 34.1 Å². The lowest BCUT2D eigenvalue weighted by Crippen LogP contribution is -2.25. The predicted molar refractivity (Wildman–Crippen MR) is 123 cm³/mol. The number of nitrogens with one attached hydrogen (secondary N) is 2. The molecule has 3 aromatic carbocycles. The van der Waals surface area contributed by atoms with E-state index in [0.717, 1.165) is 23.1 Å². The summed E-state index contributed by atoms with van der Waals surface area (Å²) in [6.45, 7) is 2.63. The topological polar surface area (TPSA) is 97.1 Å². The number of fused-ring (bicyclic) bond motifs is 3. The van der Waals surface area contributed by atoms with E-state index in [9.17, 15) is 4.79 Å².